The van der Waals surface area contributed by atoms with Crippen LogP contribution in [0.25, 0.3) is 0 Å². The fourth-order valence-electron chi connectivity index (χ4n) is 2.88. The van der Waals surface area contributed by atoms with Crippen LogP contribution in [0.2, 0.25) is 0 Å². The van der Waals surface area contributed by atoms with Gasteiger partial charge in [0.15, 0.2) is 0 Å². The Balaban J connectivity index is 0.00000484. The Labute approximate surface area is 140 Å². The van der Waals surface area contributed by atoms with E-state index in [0.29, 0.717) is 0 Å². The summed E-state index contributed by atoms with van der Waals surface area (Å²) in [5, 5.41) is 8.65. The molecule has 0 amide bonds. The molecule has 4 N–H and O–H groups in total. The topological polar surface area (TPSA) is 72.3 Å². The number of hydrogen-bond donors (Lipinski definition) is 2. The molecular formula is C20H31NO2. The van der Waals surface area contributed by atoms with Crippen LogP contribution in [-0.2, 0) is 4.79 Å². The van der Waals surface area contributed by atoms with Gasteiger partial charge in [0.1, 0.15) is 0 Å². The zero-order chi connectivity index (χ0) is 16.8. The van der Waals surface area contributed by atoms with Crippen molar-refractivity contribution < 1.29 is 9.90 Å². The highest BCUT2D eigenvalue weighted by atomic mass is 16.4. The summed E-state index contributed by atoms with van der Waals surface area (Å²) in [7, 11) is 0. The Hall–Kier alpha value is -1.87. The smallest absolute Gasteiger partial charge is 0.328 e. The van der Waals surface area contributed by atoms with Crippen LogP contribution in [0.5, 0.6) is 0 Å². The van der Waals surface area contributed by atoms with Crippen LogP contribution < -0.4 is 6.15 Å². The second kappa shape index (κ2) is 9.31. The molecule has 0 unspecified atom stereocenters. The summed E-state index contributed by atoms with van der Waals surface area (Å²) >= 11 is 0. The Morgan fingerprint density at radius 3 is 2.39 bits per heavy atom. The summed E-state index contributed by atoms with van der Waals surface area (Å²) in [4.78, 5) is 10.5. The third-order valence-electron chi connectivity index (χ3n) is 4.12. The highest BCUT2D eigenvalue weighted by Gasteiger charge is 2.26. The lowest BCUT2D eigenvalue weighted by molar-refractivity contribution is -0.131. The first-order chi connectivity index (χ1) is 10.2. The van der Waals surface area contributed by atoms with Gasteiger partial charge in [-0.15, -0.1) is 0 Å². The molecule has 0 saturated carbocycles. The first-order valence-electron chi connectivity index (χ1n) is 7.87. The third-order valence-corrected chi connectivity index (χ3v) is 4.12. The second-order valence-corrected chi connectivity index (χ2v) is 6.76. The van der Waals surface area contributed by atoms with E-state index in [1.54, 1.807) is 13.0 Å². The first-order valence-corrected chi connectivity index (χ1v) is 7.87. The standard InChI is InChI=1S/C20H28O2.H3N/c1-15(8-6-9-16(2)14-19(21)22)11-12-18-17(3)10-7-13-20(18,4)5;/h6,8-9,11-12,14H,7,10,13H2,1-5H3,(H,21,22);1H3. The van der Waals surface area contributed by atoms with Crippen molar-refractivity contribution >= 4 is 5.97 Å². The summed E-state index contributed by atoms with van der Waals surface area (Å²) in [6, 6.07) is 0. The first kappa shape index (κ1) is 21.1. The molecule has 0 aromatic heterocycles. The van der Waals surface area contributed by atoms with E-state index in [1.165, 1.54) is 36.5 Å². The van der Waals surface area contributed by atoms with E-state index in [9.17, 15) is 4.79 Å². The van der Waals surface area contributed by atoms with Gasteiger partial charge < -0.3 is 11.3 Å². The van der Waals surface area contributed by atoms with Crippen molar-refractivity contribution in [3.05, 3.63) is 58.7 Å². The molecule has 0 atom stereocenters. The molecule has 3 nitrogen and oxygen atoms in total. The van der Waals surface area contributed by atoms with Crippen molar-refractivity contribution in [2.75, 3.05) is 0 Å². The molecular weight excluding hydrogens is 286 g/mol. The van der Waals surface area contributed by atoms with Gasteiger partial charge >= 0.3 is 5.97 Å². The van der Waals surface area contributed by atoms with Crippen molar-refractivity contribution in [3.63, 3.8) is 0 Å². The maximum absolute atomic E-state index is 10.5. The molecule has 0 bridgehead atoms. The van der Waals surface area contributed by atoms with Gasteiger partial charge in [0.2, 0.25) is 0 Å². The highest BCUT2D eigenvalue weighted by Crippen LogP contribution is 2.40. The lowest BCUT2D eigenvalue weighted by atomic mass is 9.72. The van der Waals surface area contributed by atoms with E-state index in [0.717, 1.165) is 11.1 Å². The largest absolute Gasteiger partial charge is 0.478 e. The van der Waals surface area contributed by atoms with E-state index in [1.807, 2.05) is 12.2 Å². The van der Waals surface area contributed by atoms with Gasteiger partial charge in [-0.05, 0) is 56.6 Å². The van der Waals surface area contributed by atoms with Crippen molar-refractivity contribution in [2.45, 2.75) is 53.9 Å². The second-order valence-electron chi connectivity index (χ2n) is 6.76. The normalized spacial score (nSPS) is 19.3. The minimum absolute atomic E-state index is 0. The van der Waals surface area contributed by atoms with E-state index >= 15 is 0 Å². The third kappa shape index (κ3) is 7.29. The van der Waals surface area contributed by atoms with Crippen molar-refractivity contribution in [1.82, 2.24) is 6.15 Å². The molecule has 23 heavy (non-hydrogen) atoms. The summed E-state index contributed by atoms with van der Waals surface area (Å²) in [5.41, 5.74) is 5.09. The number of aliphatic carboxylic acids is 1. The minimum Gasteiger partial charge on any atom is -0.478 e. The Morgan fingerprint density at radius 2 is 1.83 bits per heavy atom. The van der Waals surface area contributed by atoms with E-state index in [2.05, 4.69) is 39.8 Å². The van der Waals surface area contributed by atoms with Gasteiger partial charge in [-0.2, -0.15) is 0 Å². The van der Waals surface area contributed by atoms with Gasteiger partial charge in [0.25, 0.3) is 0 Å². The monoisotopic (exact) mass is 317 g/mol. The van der Waals surface area contributed by atoms with Crippen LogP contribution in [0.4, 0.5) is 0 Å². The summed E-state index contributed by atoms with van der Waals surface area (Å²) in [6.45, 7) is 10.7. The lowest BCUT2D eigenvalue weighted by Crippen LogP contribution is -2.19. The van der Waals surface area contributed by atoms with Crippen molar-refractivity contribution in [2.24, 2.45) is 5.41 Å². The van der Waals surface area contributed by atoms with Crippen LogP contribution in [0.3, 0.4) is 0 Å². The SMILES string of the molecule is CC(C=CC1=C(C)CCCC1(C)C)=CC=CC(C)=CC(=O)O.N. The molecule has 0 aliphatic heterocycles. The molecule has 0 aromatic rings. The summed E-state index contributed by atoms with van der Waals surface area (Å²) in [5.74, 6) is -0.912. The number of carboxylic acids is 1. The molecule has 0 heterocycles. The summed E-state index contributed by atoms with van der Waals surface area (Å²) < 4.78 is 0. The van der Waals surface area contributed by atoms with Crippen molar-refractivity contribution in [1.29, 1.82) is 0 Å². The molecule has 128 valence electrons. The predicted molar refractivity (Wildman–Crippen MR) is 98.8 cm³/mol. The summed E-state index contributed by atoms with van der Waals surface area (Å²) in [6.07, 6.45) is 15.0. The van der Waals surface area contributed by atoms with Crippen LogP contribution in [0.15, 0.2) is 58.7 Å². The van der Waals surface area contributed by atoms with E-state index < -0.39 is 5.97 Å². The Bertz CT molecular complexity index is 572. The van der Waals surface area contributed by atoms with Gasteiger partial charge in [-0.1, -0.05) is 55.4 Å². The molecule has 0 spiro atoms. The van der Waals surface area contributed by atoms with Crippen LogP contribution in [-0.4, -0.2) is 11.1 Å². The van der Waals surface area contributed by atoms with Crippen LogP contribution in [0, 0.1) is 5.41 Å². The lowest BCUT2D eigenvalue weighted by Gasteiger charge is -2.32. The highest BCUT2D eigenvalue weighted by molar-refractivity contribution is 5.81. The number of allylic oxidation sites excluding steroid dienone is 9. The zero-order valence-corrected chi connectivity index (χ0v) is 15.1. The number of carbonyl (C=O) groups is 1. The Kier molecular flexibility index (Phi) is 8.55. The Morgan fingerprint density at radius 1 is 1.17 bits per heavy atom. The van der Waals surface area contributed by atoms with Gasteiger partial charge in [-0.25, -0.2) is 4.79 Å². The zero-order valence-electron chi connectivity index (χ0n) is 15.1. The minimum atomic E-state index is -0.912. The molecule has 3 heteroatoms. The fourth-order valence-corrected chi connectivity index (χ4v) is 2.88. The number of hydrogen-bond acceptors (Lipinski definition) is 2. The van der Waals surface area contributed by atoms with Crippen LogP contribution >= 0.6 is 0 Å². The molecule has 1 rings (SSSR count). The maximum atomic E-state index is 10.5. The fraction of sp³-hybridized carbons (Fsp3) is 0.450. The average molecular weight is 317 g/mol. The van der Waals surface area contributed by atoms with Crippen LogP contribution in [0.1, 0.15) is 53.9 Å². The van der Waals surface area contributed by atoms with Gasteiger partial charge in [0.05, 0.1) is 0 Å². The predicted octanol–water partition coefficient (Wildman–Crippen LogP) is 5.76. The molecule has 0 saturated heterocycles. The molecule has 0 fully saturated rings. The van der Waals surface area contributed by atoms with E-state index in [-0.39, 0.29) is 11.6 Å². The van der Waals surface area contributed by atoms with Crippen molar-refractivity contribution in [3.8, 4) is 0 Å². The molecule has 0 radical (unpaired) electrons. The molecule has 1 aliphatic rings. The average Bonchev–Trinajstić information content (AvgIpc) is 2.36. The quantitative estimate of drug-likeness (QED) is 0.500. The number of carboxylic acid groups (broad SMARTS) is 1. The number of rotatable bonds is 5. The maximum Gasteiger partial charge on any atom is 0.328 e. The van der Waals surface area contributed by atoms with E-state index in [4.69, 9.17) is 5.11 Å². The molecule has 0 aromatic carbocycles. The van der Waals surface area contributed by atoms with Gasteiger partial charge in [-0.3, -0.25) is 0 Å². The molecule has 1 aliphatic carbocycles. The van der Waals surface area contributed by atoms with Gasteiger partial charge in [0, 0.05) is 6.08 Å².